The molecule has 3 aliphatic rings. The molecule has 0 saturated carbocycles. The highest BCUT2D eigenvalue weighted by atomic mass is 16.3. The van der Waals surface area contributed by atoms with E-state index in [-0.39, 0.29) is 11.5 Å². The highest BCUT2D eigenvalue weighted by Crippen LogP contribution is 2.52. The van der Waals surface area contributed by atoms with Gasteiger partial charge in [-0.2, -0.15) is 0 Å². The Morgan fingerprint density at radius 1 is 0.810 bits per heavy atom. The Morgan fingerprint density at radius 2 is 1.55 bits per heavy atom. The second-order valence-corrected chi connectivity index (χ2v) is 16.3. The van der Waals surface area contributed by atoms with E-state index >= 15 is 0 Å². The second-order valence-electron chi connectivity index (χ2n) is 16.3. The Kier molecular flexibility index (Phi) is 9.73. The van der Waals surface area contributed by atoms with Crippen LogP contribution in [0.5, 0.6) is 0 Å². The summed E-state index contributed by atoms with van der Waals surface area (Å²) in [7, 11) is 0. The van der Waals surface area contributed by atoms with Gasteiger partial charge < -0.3 is 4.42 Å². The van der Waals surface area contributed by atoms with Crippen molar-refractivity contribution in [1.82, 2.24) is 4.98 Å². The van der Waals surface area contributed by atoms with Crippen LogP contribution in [0.15, 0.2) is 176 Å². The average Bonchev–Trinajstić information content (AvgIpc) is 3.74. The van der Waals surface area contributed by atoms with Crippen molar-refractivity contribution in [2.45, 2.75) is 66.3 Å². The van der Waals surface area contributed by atoms with Gasteiger partial charge in [-0.15, -0.1) is 0 Å². The molecule has 0 amide bonds. The van der Waals surface area contributed by atoms with Gasteiger partial charge in [0.15, 0.2) is 5.84 Å². The first-order valence-electron chi connectivity index (χ1n) is 20.6. The average molecular weight is 756 g/mol. The molecule has 2 heterocycles. The smallest absolute Gasteiger partial charge is 0.155 e. The van der Waals surface area contributed by atoms with Gasteiger partial charge in [0, 0.05) is 27.5 Å². The molecule has 1 atom stereocenters. The molecule has 0 N–H and O–H groups in total. The Balaban J connectivity index is 1.13. The van der Waals surface area contributed by atoms with E-state index in [4.69, 9.17) is 19.4 Å². The molecule has 4 heteroatoms. The Hall–Kier alpha value is -6.39. The van der Waals surface area contributed by atoms with Crippen molar-refractivity contribution in [3.8, 4) is 22.4 Å². The molecule has 4 nitrogen and oxygen atoms in total. The first-order chi connectivity index (χ1) is 28.2. The van der Waals surface area contributed by atoms with Crippen LogP contribution in [0.4, 0.5) is 0 Å². The lowest BCUT2D eigenvalue weighted by molar-refractivity contribution is 0.574. The molecule has 0 saturated heterocycles. The maximum absolute atomic E-state index is 6.75. The molecule has 2 aromatic heterocycles. The minimum Gasteiger partial charge on any atom is -0.456 e. The lowest BCUT2D eigenvalue weighted by Gasteiger charge is -2.24. The van der Waals surface area contributed by atoms with E-state index in [0.717, 1.165) is 103 Å². The summed E-state index contributed by atoms with van der Waals surface area (Å²) in [4.78, 5) is 15.9. The predicted octanol–water partition coefficient (Wildman–Crippen LogP) is 12.4. The van der Waals surface area contributed by atoms with E-state index in [9.17, 15) is 0 Å². The molecule has 0 bridgehead atoms. The van der Waals surface area contributed by atoms with E-state index < -0.39 is 0 Å². The van der Waals surface area contributed by atoms with Gasteiger partial charge in [0.2, 0.25) is 0 Å². The normalized spacial score (nSPS) is 18.1. The molecule has 286 valence electrons. The number of aliphatic imine (C=N–C) groups is 2. The SMILES string of the molecule is C=C1C2=C(C=CCC2)C(C)(C)/C1=C/C=C(\C)C(C)N=C(N=C(C)c1ccccc1)c1ccc(-c2nc3cccc(-c4ccccc4)c3c3oc4c(c23)=CCCC=4)cc1. The number of furan rings is 1. The maximum Gasteiger partial charge on any atom is 0.155 e. The fourth-order valence-electron chi connectivity index (χ4n) is 8.83. The number of pyridine rings is 1. The van der Waals surface area contributed by atoms with Crippen LogP contribution in [0.2, 0.25) is 0 Å². The van der Waals surface area contributed by atoms with Crippen LogP contribution in [0, 0.1) is 5.41 Å². The largest absolute Gasteiger partial charge is 0.456 e. The number of allylic oxidation sites excluding steroid dienone is 8. The van der Waals surface area contributed by atoms with Gasteiger partial charge in [0.05, 0.1) is 28.0 Å². The van der Waals surface area contributed by atoms with E-state index in [1.165, 1.54) is 22.3 Å². The number of rotatable bonds is 7. The summed E-state index contributed by atoms with van der Waals surface area (Å²) in [5.41, 5.74) is 16.2. The molecule has 0 radical (unpaired) electrons. The molecular weight excluding hydrogens is 707 g/mol. The molecule has 0 spiro atoms. The maximum atomic E-state index is 6.75. The molecule has 4 aromatic carbocycles. The summed E-state index contributed by atoms with van der Waals surface area (Å²) in [6.07, 6.45) is 17.7. The number of hydrogen-bond donors (Lipinski definition) is 0. The third kappa shape index (κ3) is 6.67. The number of nitrogens with zero attached hydrogens (tertiary/aromatic N) is 3. The lowest BCUT2D eigenvalue weighted by Crippen LogP contribution is -2.22. The number of aromatic nitrogens is 1. The van der Waals surface area contributed by atoms with Crippen LogP contribution in [0.3, 0.4) is 0 Å². The van der Waals surface area contributed by atoms with E-state index in [0.29, 0.717) is 5.84 Å². The molecule has 58 heavy (non-hydrogen) atoms. The first kappa shape index (κ1) is 37.2. The van der Waals surface area contributed by atoms with Crippen LogP contribution < -0.4 is 10.6 Å². The van der Waals surface area contributed by atoms with Crippen LogP contribution in [-0.2, 0) is 0 Å². The highest BCUT2D eigenvalue weighted by Gasteiger charge is 2.38. The van der Waals surface area contributed by atoms with E-state index in [1.807, 2.05) is 18.2 Å². The van der Waals surface area contributed by atoms with E-state index in [2.05, 4.69) is 163 Å². The number of benzene rings is 4. The third-order valence-corrected chi connectivity index (χ3v) is 12.2. The first-order valence-corrected chi connectivity index (χ1v) is 20.6. The quantitative estimate of drug-likeness (QED) is 0.120. The summed E-state index contributed by atoms with van der Waals surface area (Å²) in [5.74, 6) is 0.696. The third-order valence-electron chi connectivity index (χ3n) is 12.2. The van der Waals surface area contributed by atoms with Crippen molar-refractivity contribution in [2.24, 2.45) is 15.4 Å². The molecule has 9 rings (SSSR count). The fraction of sp³-hybridized carbons (Fsp3) is 0.204. The number of fused-ring (bicyclic) bond motifs is 5. The van der Waals surface area contributed by atoms with Crippen molar-refractivity contribution in [3.63, 3.8) is 0 Å². The second kappa shape index (κ2) is 15.2. The van der Waals surface area contributed by atoms with Crippen LogP contribution in [0.1, 0.15) is 71.4 Å². The van der Waals surface area contributed by atoms with Crippen molar-refractivity contribution < 1.29 is 4.42 Å². The van der Waals surface area contributed by atoms with Crippen LogP contribution >= 0.6 is 0 Å². The van der Waals surface area contributed by atoms with Gasteiger partial charge in [-0.3, -0.25) is 4.99 Å². The molecule has 6 aromatic rings. The molecular formula is C54H49N3O. The number of amidine groups is 1. The minimum absolute atomic E-state index is 0.0711. The zero-order valence-electron chi connectivity index (χ0n) is 34.1. The molecule has 0 aliphatic heterocycles. The van der Waals surface area contributed by atoms with Crippen molar-refractivity contribution in [1.29, 1.82) is 0 Å². The topological polar surface area (TPSA) is 50.8 Å². The summed E-state index contributed by atoms with van der Waals surface area (Å²) in [6, 6.07) is 35.7. The van der Waals surface area contributed by atoms with Gasteiger partial charge in [-0.05, 0) is 103 Å². The van der Waals surface area contributed by atoms with Crippen molar-refractivity contribution >= 4 is 45.6 Å². The highest BCUT2D eigenvalue weighted by molar-refractivity contribution is 6.15. The summed E-state index contributed by atoms with van der Waals surface area (Å²) in [5, 5.41) is 3.23. The van der Waals surface area contributed by atoms with Gasteiger partial charge in [0.25, 0.3) is 0 Å². The fourth-order valence-corrected chi connectivity index (χ4v) is 8.83. The zero-order chi connectivity index (χ0) is 40.0. The minimum atomic E-state index is -0.107. The van der Waals surface area contributed by atoms with Crippen molar-refractivity contribution in [3.05, 3.63) is 184 Å². The molecule has 3 aliphatic carbocycles. The predicted molar refractivity (Wildman–Crippen MR) is 245 cm³/mol. The molecule has 0 fully saturated rings. The van der Waals surface area contributed by atoms with Gasteiger partial charge in [-0.25, -0.2) is 9.98 Å². The summed E-state index contributed by atoms with van der Waals surface area (Å²) in [6.45, 7) is 15.5. The molecule has 1 unspecified atom stereocenters. The monoisotopic (exact) mass is 755 g/mol. The number of hydrogen-bond acceptors (Lipinski definition) is 3. The summed E-state index contributed by atoms with van der Waals surface area (Å²) >= 11 is 0. The summed E-state index contributed by atoms with van der Waals surface area (Å²) < 4.78 is 6.75. The van der Waals surface area contributed by atoms with Gasteiger partial charge in [0.1, 0.15) is 11.0 Å². The van der Waals surface area contributed by atoms with Gasteiger partial charge in [-0.1, -0.05) is 148 Å². The Labute approximate surface area is 341 Å². The zero-order valence-corrected chi connectivity index (χ0v) is 34.1. The lowest BCUT2D eigenvalue weighted by atomic mass is 9.80. The van der Waals surface area contributed by atoms with Crippen LogP contribution in [0.25, 0.3) is 56.4 Å². The van der Waals surface area contributed by atoms with Crippen LogP contribution in [-0.4, -0.2) is 22.6 Å². The Bertz CT molecular complexity index is 2930. The van der Waals surface area contributed by atoms with Crippen molar-refractivity contribution in [2.75, 3.05) is 0 Å². The van der Waals surface area contributed by atoms with Gasteiger partial charge >= 0.3 is 0 Å². The standard InChI is InChI=1S/C54H49N3O/c1-34(28-33-45-35(2)42-22-13-15-25-46(42)54(45,5)6)36(3)55-53(56-37(4)38-18-9-7-10-19-38)41-31-29-40(30-32-41)51-50-44-23-14-16-27-48(44)58-52(50)49-43(24-17-26-47(49)57-51)39-20-11-8-12-21-39/h7-12,15,17-21,23-33,36H,2,13-14,16,22H2,1,3-6H3/b34-28+,45-33+,55-53?,56-37?. The van der Waals surface area contributed by atoms with E-state index in [1.54, 1.807) is 0 Å². The Morgan fingerprint density at radius 3 is 2.31 bits per heavy atom.